The quantitative estimate of drug-likeness (QED) is 0.821. The van der Waals surface area contributed by atoms with E-state index in [0.29, 0.717) is 4.47 Å². The van der Waals surface area contributed by atoms with Gasteiger partial charge in [-0.25, -0.2) is 4.98 Å². The molecule has 2 nitrogen and oxygen atoms in total. The third-order valence-electron chi connectivity index (χ3n) is 2.76. The number of nitrogens with one attached hydrogen (secondary N) is 1. The third-order valence-corrected chi connectivity index (χ3v) is 3.88. The van der Waals surface area contributed by atoms with Gasteiger partial charge in [0.2, 0.25) is 0 Å². The standard InChI is InChI=1S/C10H15ClN2S/c11-10-12-7-9(14-10)8-13-5-3-1-2-4-6-13/h7H,1-6,8H2/p+1. The zero-order valence-corrected chi connectivity index (χ0v) is 9.83. The summed E-state index contributed by atoms with van der Waals surface area (Å²) < 4.78 is 0.675. The number of rotatable bonds is 2. The minimum atomic E-state index is 0.675. The molecule has 0 aromatic carbocycles. The molecule has 0 spiro atoms. The van der Waals surface area contributed by atoms with Crippen LogP contribution in [0.1, 0.15) is 30.6 Å². The number of hydrogen-bond acceptors (Lipinski definition) is 2. The van der Waals surface area contributed by atoms with Crippen LogP contribution in [0.3, 0.4) is 0 Å². The summed E-state index contributed by atoms with van der Waals surface area (Å²) in [4.78, 5) is 7.10. The van der Waals surface area contributed by atoms with Gasteiger partial charge in [-0.05, 0) is 25.7 Å². The van der Waals surface area contributed by atoms with Gasteiger partial charge in [0.05, 0.1) is 18.0 Å². The van der Waals surface area contributed by atoms with Crippen LogP contribution in [0, 0.1) is 0 Å². The Kier molecular flexibility index (Phi) is 3.79. The summed E-state index contributed by atoms with van der Waals surface area (Å²) in [6.45, 7) is 3.75. The Balaban J connectivity index is 1.89. The van der Waals surface area contributed by atoms with Crippen molar-refractivity contribution in [2.45, 2.75) is 32.2 Å². The summed E-state index contributed by atoms with van der Waals surface area (Å²) in [7, 11) is 0. The first-order valence-corrected chi connectivity index (χ1v) is 6.48. The predicted molar refractivity (Wildman–Crippen MR) is 60.0 cm³/mol. The molecule has 78 valence electrons. The maximum absolute atomic E-state index is 5.81. The Morgan fingerprint density at radius 3 is 2.57 bits per heavy atom. The normalized spacial score (nSPS) is 19.5. The third kappa shape index (κ3) is 2.94. The van der Waals surface area contributed by atoms with Gasteiger partial charge in [-0.15, -0.1) is 11.3 Å². The summed E-state index contributed by atoms with van der Waals surface area (Å²) in [6.07, 6.45) is 7.49. The highest BCUT2D eigenvalue weighted by Crippen LogP contribution is 2.16. The molecule has 0 atom stereocenters. The Hall–Kier alpha value is -0.120. The monoisotopic (exact) mass is 231 g/mol. The highest BCUT2D eigenvalue weighted by Gasteiger charge is 2.13. The minimum Gasteiger partial charge on any atom is -0.330 e. The van der Waals surface area contributed by atoms with E-state index in [1.165, 1.54) is 43.6 Å². The fourth-order valence-corrected chi connectivity index (χ4v) is 3.07. The molecule has 0 bridgehead atoms. The van der Waals surface area contributed by atoms with Crippen LogP contribution in [0.5, 0.6) is 0 Å². The van der Waals surface area contributed by atoms with Gasteiger partial charge in [-0.2, -0.15) is 0 Å². The lowest BCUT2D eigenvalue weighted by atomic mass is 10.2. The van der Waals surface area contributed by atoms with Crippen LogP contribution in [0.4, 0.5) is 0 Å². The van der Waals surface area contributed by atoms with Gasteiger partial charge in [0.1, 0.15) is 6.54 Å². The largest absolute Gasteiger partial charge is 0.330 e. The van der Waals surface area contributed by atoms with Gasteiger partial charge >= 0.3 is 0 Å². The molecule has 0 saturated carbocycles. The van der Waals surface area contributed by atoms with Crippen molar-refractivity contribution < 1.29 is 4.90 Å². The molecule has 0 radical (unpaired) electrons. The van der Waals surface area contributed by atoms with Crippen LogP contribution in [-0.4, -0.2) is 18.1 Å². The van der Waals surface area contributed by atoms with Crippen molar-refractivity contribution in [2.24, 2.45) is 0 Å². The second-order valence-corrected chi connectivity index (χ2v) is 5.62. The first-order chi connectivity index (χ1) is 6.84. The van der Waals surface area contributed by atoms with Crippen LogP contribution in [0.15, 0.2) is 6.20 Å². The summed E-state index contributed by atoms with van der Waals surface area (Å²) in [5, 5.41) is 0. The van der Waals surface area contributed by atoms with E-state index in [1.54, 1.807) is 16.2 Å². The zero-order valence-electron chi connectivity index (χ0n) is 8.26. The lowest BCUT2D eigenvalue weighted by molar-refractivity contribution is -0.912. The summed E-state index contributed by atoms with van der Waals surface area (Å²) >= 11 is 7.43. The lowest BCUT2D eigenvalue weighted by Crippen LogP contribution is -3.10. The Morgan fingerprint density at radius 1 is 1.29 bits per heavy atom. The topological polar surface area (TPSA) is 17.3 Å². The number of hydrogen-bond donors (Lipinski definition) is 1. The second-order valence-electron chi connectivity index (χ2n) is 3.92. The predicted octanol–water partition coefficient (Wildman–Crippen LogP) is 1.76. The highest BCUT2D eigenvalue weighted by molar-refractivity contribution is 7.15. The van der Waals surface area contributed by atoms with Crippen molar-refractivity contribution in [1.82, 2.24) is 4.98 Å². The van der Waals surface area contributed by atoms with E-state index in [1.807, 2.05) is 6.20 Å². The number of likely N-dealkylation sites (tertiary alicyclic amines) is 1. The molecule has 0 aliphatic carbocycles. The number of halogens is 1. The molecular weight excluding hydrogens is 216 g/mol. The second kappa shape index (κ2) is 5.10. The van der Waals surface area contributed by atoms with Crippen molar-refractivity contribution in [3.05, 3.63) is 15.5 Å². The number of nitrogens with zero attached hydrogens (tertiary/aromatic N) is 1. The van der Waals surface area contributed by atoms with Crippen molar-refractivity contribution in [3.63, 3.8) is 0 Å². The molecule has 1 aliphatic rings. The van der Waals surface area contributed by atoms with Crippen molar-refractivity contribution in [2.75, 3.05) is 13.1 Å². The van der Waals surface area contributed by atoms with E-state index in [0.717, 1.165) is 6.54 Å². The van der Waals surface area contributed by atoms with Crippen molar-refractivity contribution in [1.29, 1.82) is 0 Å². The lowest BCUT2D eigenvalue weighted by Gasteiger charge is -2.15. The molecule has 1 N–H and O–H groups in total. The zero-order chi connectivity index (χ0) is 9.80. The van der Waals surface area contributed by atoms with E-state index in [9.17, 15) is 0 Å². The van der Waals surface area contributed by atoms with Crippen molar-refractivity contribution in [3.8, 4) is 0 Å². The van der Waals surface area contributed by atoms with Gasteiger partial charge in [-0.3, -0.25) is 0 Å². The van der Waals surface area contributed by atoms with Crippen molar-refractivity contribution >= 4 is 22.9 Å². The molecule has 14 heavy (non-hydrogen) atoms. The van der Waals surface area contributed by atoms with Gasteiger partial charge < -0.3 is 4.90 Å². The van der Waals surface area contributed by atoms with Gasteiger partial charge in [-0.1, -0.05) is 11.6 Å². The van der Waals surface area contributed by atoms with E-state index in [2.05, 4.69) is 4.98 Å². The highest BCUT2D eigenvalue weighted by atomic mass is 35.5. The smallest absolute Gasteiger partial charge is 0.183 e. The molecule has 2 rings (SSSR count). The van der Waals surface area contributed by atoms with Gasteiger partial charge in [0.25, 0.3) is 0 Å². The first-order valence-electron chi connectivity index (χ1n) is 5.28. The average Bonchev–Trinajstić information content (AvgIpc) is 2.43. The molecule has 1 aliphatic heterocycles. The van der Waals surface area contributed by atoms with Crippen LogP contribution < -0.4 is 4.90 Å². The molecule has 0 amide bonds. The molecule has 1 aromatic rings. The van der Waals surface area contributed by atoms with Crippen LogP contribution in [0.2, 0.25) is 4.47 Å². The molecular formula is C10H16ClN2S+. The molecule has 1 aromatic heterocycles. The Morgan fingerprint density at radius 2 is 2.00 bits per heavy atom. The maximum Gasteiger partial charge on any atom is 0.183 e. The van der Waals surface area contributed by atoms with E-state index in [-0.39, 0.29) is 0 Å². The van der Waals surface area contributed by atoms with E-state index in [4.69, 9.17) is 11.6 Å². The minimum absolute atomic E-state index is 0.675. The first kappa shape index (κ1) is 10.4. The SMILES string of the molecule is Clc1ncc(C[NH+]2CCCCCC2)s1. The van der Waals surface area contributed by atoms with Gasteiger partial charge in [0, 0.05) is 6.20 Å². The van der Waals surface area contributed by atoms with Gasteiger partial charge in [0.15, 0.2) is 4.47 Å². The number of quaternary nitrogens is 1. The van der Waals surface area contributed by atoms with E-state index >= 15 is 0 Å². The fraction of sp³-hybridized carbons (Fsp3) is 0.700. The summed E-state index contributed by atoms with van der Waals surface area (Å²) in [6, 6.07) is 0. The van der Waals surface area contributed by atoms with Crippen LogP contribution in [0.25, 0.3) is 0 Å². The fourth-order valence-electron chi connectivity index (χ4n) is 2.02. The average molecular weight is 232 g/mol. The summed E-state index contributed by atoms with van der Waals surface area (Å²) in [5.74, 6) is 0. The van der Waals surface area contributed by atoms with E-state index < -0.39 is 0 Å². The number of thiazole rings is 1. The molecule has 1 saturated heterocycles. The molecule has 1 fully saturated rings. The Bertz CT molecular complexity index is 279. The molecule has 4 heteroatoms. The molecule has 2 heterocycles. The van der Waals surface area contributed by atoms with Crippen LogP contribution in [-0.2, 0) is 6.54 Å². The Labute approximate surface area is 93.9 Å². The van der Waals surface area contributed by atoms with Crippen LogP contribution >= 0.6 is 22.9 Å². The molecule has 0 unspecified atom stereocenters. The summed E-state index contributed by atoms with van der Waals surface area (Å²) in [5.41, 5.74) is 0. The number of aromatic nitrogens is 1. The maximum atomic E-state index is 5.81.